The van der Waals surface area contributed by atoms with Crippen LogP contribution in [0.3, 0.4) is 0 Å². The molecule has 2 aliphatic rings. The molecule has 0 aliphatic carbocycles. The Kier molecular flexibility index (Phi) is 6.89. The van der Waals surface area contributed by atoms with Crippen LogP contribution in [0, 0.1) is 11.8 Å². The van der Waals surface area contributed by atoms with Crippen LogP contribution < -0.4 is 10.2 Å². The van der Waals surface area contributed by atoms with Gasteiger partial charge in [0.2, 0.25) is 11.8 Å². The molecule has 2 aliphatic heterocycles. The van der Waals surface area contributed by atoms with Gasteiger partial charge in [0.1, 0.15) is 0 Å². The highest BCUT2D eigenvalue weighted by molar-refractivity contribution is 6.00. The van der Waals surface area contributed by atoms with Crippen LogP contribution in [0.1, 0.15) is 45.1 Å². The lowest BCUT2D eigenvalue weighted by Crippen LogP contribution is -2.44. The largest absolute Gasteiger partial charge is 0.342 e. The molecule has 5 heteroatoms. The maximum Gasteiger partial charge on any atom is 0.228 e. The number of aryl methyl sites for hydroxylation is 1. The van der Waals surface area contributed by atoms with Crippen molar-refractivity contribution in [1.82, 2.24) is 10.2 Å². The van der Waals surface area contributed by atoms with Crippen molar-refractivity contribution in [3.8, 4) is 0 Å². The third-order valence-corrected chi connectivity index (χ3v) is 5.87. The number of amides is 2. The Bertz CT molecular complexity index is 635. The lowest BCUT2D eigenvalue weighted by Gasteiger charge is -2.33. The first-order valence-corrected chi connectivity index (χ1v) is 10.5. The van der Waals surface area contributed by atoms with Gasteiger partial charge in [-0.25, -0.2) is 0 Å². The molecule has 1 atom stereocenters. The van der Waals surface area contributed by atoms with Crippen molar-refractivity contribution in [2.45, 2.75) is 46.0 Å². The number of rotatable bonds is 7. The van der Waals surface area contributed by atoms with Gasteiger partial charge in [-0.05, 0) is 56.0 Å². The van der Waals surface area contributed by atoms with Gasteiger partial charge < -0.3 is 15.1 Å². The summed E-state index contributed by atoms with van der Waals surface area (Å²) in [6, 6.07) is 8.22. The highest BCUT2D eigenvalue weighted by Crippen LogP contribution is 2.28. The minimum Gasteiger partial charge on any atom is -0.342 e. The molecule has 5 nitrogen and oxygen atoms in total. The molecule has 0 radical (unpaired) electrons. The number of carbonyl (C=O) groups is 2. The lowest BCUT2D eigenvalue weighted by atomic mass is 9.95. The van der Waals surface area contributed by atoms with Gasteiger partial charge in [0, 0.05) is 31.7 Å². The first-order chi connectivity index (χ1) is 13.1. The van der Waals surface area contributed by atoms with Crippen LogP contribution in [-0.2, 0) is 16.0 Å². The highest BCUT2D eigenvalue weighted by Gasteiger charge is 2.38. The van der Waals surface area contributed by atoms with Crippen molar-refractivity contribution < 1.29 is 9.59 Å². The van der Waals surface area contributed by atoms with Gasteiger partial charge in [0.05, 0.1) is 5.92 Å². The van der Waals surface area contributed by atoms with Crippen molar-refractivity contribution in [2.75, 3.05) is 37.6 Å². The van der Waals surface area contributed by atoms with E-state index in [1.54, 1.807) is 4.90 Å². The molecule has 148 valence electrons. The second kappa shape index (κ2) is 9.36. The molecule has 1 N–H and O–H groups in total. The van der Waals surface area contributed by atoms with Crippen molar-refractivity contribution >= 4 is 17.5 Å². The molecule has 0 aromatic heterocycles. The molecule has 2 heterocycles. The van der Waals surface area contributed by atoms with Gasteiger partial charge in [-0.1, -0.05) is 32.4 Å². The van der Waals surface area contributed by atoms with E-state index in [2.05, 4.69) is 31.3 Å². The Morgan fingerprint density at radius 3 is 2.48 bits per heavy atom. The van der Waals surface area contributed by atoms with E-state index in [9.17, 15) is 9.59 Å². The van der Waals surface area contributed by atoms with Gasteiger partial charge in [-0.15, -0.1) is 0 Å². The van der Waals surface area contributed by atoms with Crippen molar-refractivity contribution in [2.24, 2.45) is 11.8 Å². The summed E-state index contributed by atoms with van der Waals surface area (Å²) >= 11 is 0. The number of hydrogen-bond acceptors (Lipinski definition) is 3. The van der Waals surface area contributed by atoms with Crippen LogP contribution in [0.2, 0.25) is 0 Å². The molecule has 1 aromatic rings. The predicted octanol–water partition coefficient (Wildman–Crippen LogP) is 2.84. The Balaban J connectivity index is 1.54. The molecule has 0 spiro atoms. The standard InChI is InChI=1S/C22H33N3O2/c1-3-5-17-6-8-20(9-7-17)25-16-19(14-21(25)26)22(27)24-12-10-18(11-13-24)15-23-4-2/h6-9,18-19,23H,3-5,10-16H2,1-2H3. The Labute approximate surface area is 163 Å². The molecule has 0 saturated carbocycles. The topological polar surface area (TPSA) is 52.7 Å². The quantitative estimate of drug-likeness (QED) is 0.802. The molecule has 27 heavy (non-hydrogen) atoms. The maximum absolute atomic E-state index is 12.9. The Hall–Kier alpha value is -1.88. The molecular weight excluding hydrogens is 338 g/mol. The summed E-state index contributed by atoms with van der Waals surface area (Å²) in [5.41, 5.74) is 2.21. The second-order valence-electron chi connectivity index (χ2n) is 7.90. The number of nitrogens with zero attached hydrogens (tertiary/aromatic N) is 2. The summed E-state index contributed by atoms with van der Waals surface area (Å²) in [7, 11) is 0. The van der Waals surface area contributed by atoms with Crippen LogP contribution in [0.15, 0.2) is 24.3 Å². The molecule has 1 aromatic carbocycles. The Morgan fingerprint density at radius 1 is 1.15 bits per heavy atom. The van der Waals surface area contributed by atoms with Crippen molar-refractivity contribution in [3.63, 3.8) is 0 Å². The molecule has 1 unspecified atom stereocenters. The number of nitrogens with one attached hydrogen (secondary N) is 1. The molecule has 0 bridgehead atoms. The van der Waals surface area contributed by atoms with Crippen LogP contribution in [-0.4, -0.2) is 49.4 Å². The SMILES string of the molecule is CCCc1ccc(N2CC(C(=O)N3CCC(CNCC)CC3)CC2=O)cc1. The smallest absolute Gasteiger partial charge is 0.228 e. The highest BCUT2D eigenvalue weighted by atomic mass is 16.2. The number of anilines is 1. The molecule has 3 rings (SSSR count). The first kappa shape index (κ1) is 19.9. The van der Waals surface area contributed by atoms with Gasteiger partial charge in [0.15, 0.2) is 0 Å². The summed E-state index contributed by atoms with van der Waals surface area (Å²) in [6.07, 6.45) is 4.62. The van der Waals surface area contributed by atoms with E-state index in [0.717, 1.165) is 57.5 Å². The fraction of sp³-hybridized carbons (Fsp3) is 0.636. The summed E-state index contributed by atoms with van der Waals surface area (Å²) in [6.45, 7) is 8.50. The van der Waals surface area contributed by atoms with Gasteiger partial charge in [0.25, 0.3) is 0 Å². The molecular formula is C22H33N3O2. The molecule has 2 fully saturated rings. The maximum atomic E-state index is 12.9. The summed E-state index contributed by atoms with van der Waals surface area (Å²) in [5.74, 6) is 0.699. The van der Waals surface area contributed by atoms with Gasteiger partial charge in [-0.3, -0.25) is 9.59 Å². The summed E-state index contributed by atoms with van der Waals surface area (Å²) < 4.78 is 0. The second-order valence-corrected chi connectivity index (χ2v) is 7.90. The number of piperidine rings is 1. The predicted molar refractivity (Wildman–Crippen MR) is 109 cm³/mol. The monoisotopic (exact) mass is 371 g/mol. The number of carbonyl (C=O) groups excluding carboxylic acids is 2. The number of hydrogen-bond donors (Lipinski definition) is 1. The first-order valence-electron chi connectivity index (χ1n) is 10.5. The fourth-order valence-electron chi connectivity index (χ4n) is 4.22. The van der Waals surface area contributed by atoms with E-state index in [4.69, 9.17) is 0 Å². The zero-order valence-corrected chi connectivity index (χ0v) is 16.7. The zero-order chi connectivity index (χ0) is 19.2. The van der Waals surface area contributed by atoms with Crippen LogP contribution in [0.25, 0.3) is 0 Å². The number of likely N-dealkylation sites (tertiary alicyclic amines) is 1. The van der Waals surface area contributed by atoms with E-state index < -0.39 is 0 Å². The van der Waals surface area contributed by atoms with Crippen LogP contribution >= 0.6 is 0 Å². The van der Waals surface area contributed by atoms with Crippen molar-refractivity contribution in [3.05, 3.63) is 29.8 Å². The normalized spacial score (nSPS) is 21.1. The lowest BCUT2D eigenvalue weighted by molar-refractivity contribution is -0.137. The van der Waals surface area contributed by atoms with Crippen LogP contribution in [0.5, 0.6) is 0 Å². The summed E-state index contributed by atoms with van der Waals surface area (Å²) in [4.78, 5) is 29.2. The van der Waals surface area contributed by atoms with E-state index in [-0.39, 0.29) is 17.7 Å². The van der Waals surface area contributed by atoms with Gasteiger partial charge in [-0.2, -0.15) is 0 Å². The average molecular weight is 372 g/mol. The third kappa shape index (κ3) is 4.89. The molecule has 2 amide bonds. The van der Waals surface area contributed by atoms with E-state index in [0.29, 0.717) is 18.9 Å². The van der Waals surface area contributed by atoms with Crippen LogP contribution in [0.4, 0.5) is 5.69 Å². The van der Waals surface area contributed by atoms with Gasteiger partial charge >= 0.3 is 0 Å². The minimum atomic E-state index is -0.196. The summed E-state index contributed by atoms with van der Waals surface area (Å²) in [5, 5.41) is 3.40. The van der Waals surface area contributed by atoms with E-state index >= 15 is 0 Å². The Morgan fingerprint density at radius 2 is 1.85 bits per heavy atom. The number of benzene rings is 1. The van der Waals surface area contributed by atoms with Crippen molar-refractivity contribution in [1.29, 1.82) is 0 Å². The molecule has 2 saturated heterocycles. The third-order valence-electron chi connectivity index (χ3n) is 5.87. The fourth-order valence-corrected chi connectivity index (χ4v) is 4.22. The average Bonchev–Trinajstić information content (AvgIpc) is 3.09. The van der Waals surface area contributed by atoms with E-state index in [1.165, 1.54) is 5.56 Å². The minimum absolute atomic E-state index is 0.0682. The zero-order valence-electron chi connectivity index (χ0n) is 16.7. The van der Waals surface area contributed by atoms with E-state index in [1.807, 2.05) is 17.0 Å².